The van der Waals surface area contributed by atoms with Crippen LogP contribution in [-0.2, 0) is 0 Å². The summed E-state index contributed by atoms with van der Waals surface area (Å²) in [5.74, 6) is 0. The standard InChI is InChI=1S/C8H16N2/c1-5-8(4,6-9)10-7(2)3/h7,10H,5H2,1-4H3. The Kier molecular flexibility index (Phi) is 3.38. The maximum atomic E-state index is 8.72. The molecule has 2 nitrogen and oxygen atoms in total. The molecule has 0 rings (SSSR count). The van der Waals surface area contributed by atoms with Crippen molar-refractivity contribution < 1.29 is 0 Å². The van der Waals surface area contributed by atoms with Gasteiger partial charge in [-0.1, -0.05) is 6.92 Å². The maximum Gasteiger partial charge on any atom is 0.103 e. The first-order valence-corrected chi connectivity index (χ1v) is 3.73. The van der Waals surface area contributed by atoms with Gasteiger partial charge in [-0.2, -0.15) is 5.26 Å². The highest BCUT2D eigenvalue weighted by molar-refractivity contribution is 5.03. The van der Waals surface area contributed by atoms with Gasteiger partial charge in [-0.05, 0) is 27.2 Å². The van der Waals surface area contributed by atoms with E-state index in [-0.39, 0.29) is 5.54 Å². The minimum absolute atomic E-state index is 0.339. The average molecular weight is 140 g/mol. The fourth-order valence-corrected chi connectivity index (χ4v) is 0.851. The van der Waals surface area contributed by atoms with E-state index in [0.29, 0.717) is 6.04 Å². The molecule has 0 bridgehead atoms. The molecule has 0 aromatic heterocycles. The number of hydrogen-bond acceptors (Lipinski definition) is 2. The van der Waals surface area contributed by atoms with Crippen LogP contribution < -0.4 is 5.32 Å². The molecular formula is C8H16N2. The van der Waals surface area contributed by atoms with Crippen molar-refractivity contribution in [1.29, 1.82) is 5.26 Å². The third-order valence-electron chi connectivity index (χ3n) is 1.56. The molecule has 0 amide bonds. The Morgan fingerprint density at radius 1 is 1.60 bits per heavy atom. The summed E-state index contributed by atoms with van der Waals surface area (Å²) in [4.78, 5) is 0. The smallest absolute Gasteiger partial charge is 0.103 e. The first-order valence-electron chi connectivity index (χ1n) is 3.73. The Morgan fingerprint density at radius 3 is 2.20 bits per heavy atom. The van der Waals surface area contributed by atoms with Gasteiger partial charge >= 0.3 is 0 Å². The summed E-state index contributed by atoms with van der Waals surface area (Å²) in [5, 5.41) is 11.9. The van der Waals surface area contributed by atoms with Gasteiger partial charge in [0.2, 0.25) is 0 Å². The summed E-state index contributed by atoms with van der Waals surface area (Å²) in [6.07, 6.45) is 0.849. The van der Waals surface area contributed by atoms with Crippen LogP contribution in [0.25, 0.3) is 0 Å². The Morgan fingerprint density at radius 2 is 2.10 bits per heavy atom. The first-order chi connectivity index (χ1) is 4.54. The molecule has 0 aromatic carbocycles. The van der Waals surface area contributed by atoms with Crippen LogP contribution in [0.1, 0.15) is 34.1 Å². The molecule has 0 aliphatic rings. The summed E-state index contributed by atoms with van der Waals surface area (Å²) >= 11 is 0. The topological polar surface area (TPSA) is 35.8 Å². The molecule has 0 saturated carbocycles. The molecule has 58 valence electrons. The Labute approximate surface area is 63.2 Å². The molecule has 10 heavy (non-hydrogen) atoms. The van der Waals surface area contributed by atoms with Gasteiger partial charge in [0.15, 0.2) is 0 Å². The van der Waals surface area contributed by atoms with E-state index in [2.05, 4.69) is 11.4 Å². The zero-order chi connectivity index (χ0) is 8.20. The molecule has 1 unspecified atom stereocenters. The molecule has 0 heterocycles. The maximum absolute atomic E-state index is 8.72. The zero-order valence-corrected chi connectivity index (χ0v) is 7.23. The summed E-state index contributed by atoms with van der Waals surface area (Å²) in [7, 11) is 0. The SMILES string of the molecule is CCC(C)(C#N)NC(C)C. The van der Waals surface area contributed by atoms with Crippen molar-refractivity contribution >= 4 is 0 Å². The average Bonchev–Trinajstić information content (AvgIpc) is 1.87. The van der Waals surface area contributed by atoms with Crippen LogP contribution in [0, 0.1) is 11.3 Å². The highest BCUT2D eigenvalue weighted by Gasteiger charge is 2.20. The van der Waals surface area contributed by atoms with Crippen molar-refractivity contribution in [3.05, 3.63) is 0 Å². The second-order valence-electron chi connectivity index (χ2n) is 3.10. The van der Waals surface area contributed by atoms with Crippen LogP contribution in [0.15, 0.2) is 0 Å². The van der Waals surface area contributed by atoms with Gasteiger partial charge < -0.3 is 0 Å². The van der Waals surface area contributed by atoms with Crippen molar-refractivity contribution in [3.8, 4) is 6.07 Å². The van der Waals surface area contributed by atoms with Crippen LogP contribution in [-0.4, -0.2) is 11.6 Å². The summed E-state index contributed by atoms with van der Waals surface area (Å²) in [5.41, 5.74) is -0.339. The van der Waals surface area contributed by atoms with Gasteiger partial charge in [-0.15, -0.1) is 0 Å². The van der Waals surface area contributed by atoms with E-state index in [1.165, 1.54) is 0 Å². The molecule has 0 aromatic rings. The summed E-state index contributed by atoms with van der Waals surface area (Å²) < 4.78 is 0. The highest BCUT2D eigenvalue weighted by Crippen LogP contribution is 2.07. The fourth-order valence-electron chi connectivity index (χ4n) is 0.851. The van der Waals surface area contributed by atoms with E-state index in [0.717, 1.165) is 6.42 Å². The molecule has 0 radical (unpaired) electrons. The predicted molar refractivity (Wildman–Crippen MR) is 42.6 cm³/mol. The summed E-state index contributed by atoms with van der Waals surface area (Å²) in [6.45, 7) is 8.03. The van der Waals surface area contributed by atoms with E-state index in [4.69, 9.17) is 5.26 Å². The third kappa shape index (κ3) is 2.84. The van der Waals surface area contributed by atoms with Crippen molar-refractivity contribution in [3.63, 3.8) is 0 Å². The van der Waals surface area contributed by atoms with Crippen LogP contribution in [0.5, 0.6) is 0 Å². The molecule has 0 spiro atoms. The monoisotopic (exact) mass is 140 g/mol. The molecule has 1 N–H and O–H groups in total. The minimum Gasteiger partial charge on any atom is -0.297 e. The van der Waals surface area contributed by atoms with Gasteiger partial charge in [-0.3, -0.25) is 5.32 Å². The number of rotatable bonds is 3. The molecule has 0 saturated heterocycles. The van der Waals surface area contributed by atoms with Gasteiger partial charge in [0.05, 0.1) is 6.07 Å². The van der Waals surface area contributed by atoms with E-state index < -0.39 is 0 Å². The first kappa shape index (κ1) is 9.45. The van der Waals surface area contributed by atoms with E-state index in [1.807, 2.05) is 27.7 Å². The van der Waals surface area contributed by atoms with E-state index in [1.54, 1.807) is 0 Å². The van der Waals surface area contributed by atoms with Crippen LogP contribution >= 0.6 is 0 Å². The molecule has 0 fully saturated rings. The fraction of sp³-hybridized carbons (Fsp3) is 0.875. The van der Waals surface area contributed by atoms with Crippen molar-refractivity contribution in [1.82, 2.24) is 5.32 Å². The van der Waals surface area contributed by atoms with E-state index in [9.17, 15) is 0 Å². The second-order valence-corrected chi connectivity index (χ2v) is 3.10. The number of nitriles is 1. The summed E-state index contributed by atoms with van der Waals surface area (Å²) in [6, 6.07) is 2.63. The van der Waals surface area contributed by atoms with Gasteiger partial charge in [-0.25, -0.2) is 0 Å². The number of nitrogens with zero attached hydrogens (tertiary/aromatic N) is 1. The second kappa shape index (κ2) is 3.58. The van der Waals surface area contributed by atoms with Crippen LogP contribution in [0.4, 0.5) is 0 Å². The number of hydrogen-bond donors (Lipinski definition) is 1. The zero-order valence-electron chi connectivity index (χ0n) is 7.23. The lowest BCUT2D eigenvalue weighted by Gasteiger charge is -2.23. The number of nitrogens with one attached hydrogen (secondary N) is 1. The Hall–Kier alpha value is -0.550. The van der Waals surface area contributed by atoms with Gasteiger partial charge in [0.1, 0.15) is 5.54 Å². The molecule has 0 aliphatic carbocycles. The van der Waals surface area contributed by atoms with E-state index >= 15 is 0 Å². The van der Waals surface area contributed by atoms with Crippen molar-refractivity contribution in [2.45, 2.75) is 45.7 Å². The lowest BCUT2D eigenvalue weighted by atomic mass is 10.0. The Balaban J connectivity index is 3.97. The van der Waals surface area contributed by atoms with Gasteiger partial charge in [0, 0.05) is 6.04 Å². The molecule has 0 aliphatic heterocycles. The van der Waals surface area contributed by atoms with Crippen molar-refractivity contribution in [2.24, 2.45) is 0 Å². The Bertz CT molecular complexity index is 135. The van der Waals surface area contributed by atoms with Gasteiger partial charge in [0.25, 0.3) is 0 Å². The molecule has 2 heteroatoms. The molecule has 1 atom stereocenters. The van der Waals surface area contributed by atoms with Crippen molar-refractivity contribution in [2.75, 3.05) is 0 Å². The molecular weight excluding hydrogens is 124 g/mol. The van der Waals surface area contributed by atoms with Crippen LogP contribution in [0.2, 0.25) is 0 Å². The quantitative estimate of drug-likeness (QED) is 0.647. The minimum atomic E-state index is -0.339. The lowest BCUT2D eigenvalue weighted by molar-refractivity contribution is 0.395. The predicted octanol–water partition coefficient (Wildman–Crippen LogP) is 1.68. The normalized spacial score (nSPS) is 16.4. The lowest BCUT2D eigenvalue weighted by Crippen LogP contribution is -2.44. The van der Waals surface area contributed by atoms with Crippen LogP contribution in [0.3, 0.4) is 0 Å². The highest BCUT2D eigenvalue weighted by atomic mass is 15.0. The largest absolute Gasteiger partial charge is 0.297 e. The third-order valence-corrected chi connectivity index (χ3v) is 1.56.